The largest absolute Gasteiger partial charge is 0.348 e. The van der Waals surface area contributed by atoms with Crippen molar-refractivity contribution in [3.63, 3.8) is 0 Å². The molecule has 1 aliphatic rings. The van der Waals surface area contributed by atoms with E-state index in [-0.39, 0.29) is 24.2 Å². The lowest BCUT2D eigenvalue weighted by Gasteiger charge is -2.17. The second-order valence-corrected chi connectivity index (χ2v) is 6.84. The van der Waals surface area contributed by atoms with Crippen molar-refractivity contribution in [2.24, 2.45) is 0 Å². The van der Waals surface area contributed by atoms with Crippen LogP contribution in [0.4, 0.5) is 10.1 Å². The third-order valence-electron chi connectivity index (χ3n) is 3.32. The van der Waals surface area contributed by atoms with Crippen molar-refractivity contribution in [2.45, 2.75) is 11.4 Å². The topological polar surface area (TPSA) is 58.2 Å². The van der Waals surface area contributed by atoms with Crippen molar-refractivity contribution in [2.75, 3.05) is 11.1 Å². The van der Waals surface area contributed by atoms with Gasteiger partial charge in [0.1, 0.15) is 5.82 Å². The van der Waals surface area contributed by atoms with Gasteiger partial charge >= 0.3 is 0 Å². The van der Waals surface area contributed by atoms with Gasteiger partial charge in [-0.1, -0.05) is 15.9 Å². The van der Waals surface area contributed by atoms with Crippen LogP contribution >= 0.6 is 27.7 Å². The first-order valence-electron chi connectivity index (χ1n) is 6.82. The summed E-state index contributed by atoms with van der Waals surface area (Å²) in [7, 11) is 0. The van der Waals surface area contributed by atoms with Crippen molar-refractivity contribution in [3.05, 3.63) is 57.8 Å². The molecule has 2 aromatic carbocycles. The number of amides is 2. The molecule has 0 atom stereocenters. The van der Waals surface area contributed by atoms with E-state index in [0.717, 1.165) is 9.37 Å². The fourth-order valence-electron chi connectivity index (χ4n) is 2.18. The average molecular weight is 395 g/mol. The molecule has 0 aromatic heterocycles. The molecule has 4 nitrogen and oxygen atoms in total. The Balaban J connectivity index is 1.72. The maximum Gasteiger partial charge on any atom is 0.251 e. The minimum atomic E-state index is -0.356. The summed E-state index contributed by atoms with van der Waals surface area (Å²) in [5.41, 5.74) is 1.74. The van der Waals surface area contributed by atoms with Crippen LogP contribution in [-0.4, -0.2) is 17.6 Å². The Bertz CT molecular complexity index is 798. The van der Waals surface area contributed by atoms with Crippen LogP contribution in [0.1, 0.15) is 15.9 Å². The zero-order valence-electron chi connectivity index (χ0n) is 11.9. The van der Waals surface area contributed by atoms with Crippen molar-refractivity contribution in [1.29, 1.82) is 0 Å². The fraction of sp³-hybridized carbons (Fsp3) is 0.125. The van der Waals surface area contributed by atoms with Crippen molar-refractivity contribution in [3.8, 4) is 0 Å². The van der Waals surface area contributed by atoms with Crippen LogP contribution in [0.3, 0.4) is 0 Å². The van der Waals surface area contributed by atoms with E-state index < -0.39 is 0 Å². The quantitative estimate of drug-likeness (QED) is 0.836. The molecular weight excluding hydrogens is 383 g/mol. The Hall–Kier alpha value is -1.86. The molecule has 1 heterocycles. The summed E-state index contributed by atoms with van der Waals surface area (Å²) in [6.45, 7) is 0.204. The highest BCUT2D eigenvalue weighted by Crippen LogP contribution is 2.32. The maximum atomic E-state index is 13.2. The molecule has 2 amide bonds. The van der Waals surface area contributed by atoms with Crippen molar-refractivity contribution >= 4 is 45.2 Å². The summed E-state index contributed by atoms with van der Waals surface area (Å²) in [4.78, 5) is 24.6. The number of benzene rings is 2. The van der Waals surface area contributed by atoms with Gasteiger partial charge in [0.2, 0.25) is 5.91 Å². The maximum absolute atomic E-state index is 13.2. The normalized spacial score (nSPS) is 13.2. The minimum absolute atomic E-state index is 0.0799. The van der Waals surface area contributed by atoms with E-state index in [0.29, 0.717) is 22.6 Å². The number of rotatable bonds is 3. The van der Waals surface area contributed by atoms with Gasteiger partial charge < -0.3 is 10.6 Å². The Kier molecular flexibility index (Phi) is 4.68. The molecule has 118 valence electrons. The number of hydrogen-bond donors (Lipinski definition) is 2. The van der Waals surface area contributed by atoms with Gasteiger partial charge in [-0.15, -0.1) is 11.8 Å². The SMILES string of the molecule is O=C1CSc2ccc(C(=O)NCc3cc(F)ccc3Br)cc2N1. The van der Waals surface area contributed by atoms with E-state index in [9.17, 15) is 14.0 Å². The number of thioether (sulfide) groups is 1. The Morgan fingerprint density at radius 3 is 2.96 bits per heavy atom. The summed E-state index contributed by atoms with van der Waals surface area (Å²) in [5.74, 6) is -0.338. The summed E-state index contributed by atoms with van der Waals surface area (Å²) in [5, 5.41) is 5.49. The first-order valence-corrected chi connectivity index (χ1v) is 8.59. The van der Waals surface area contributed by atoms with Gasteiger partial charge in [0.15, 0.2) is 0 Å². The molecule has 0 spiro atoms. The molecule has 2 N–H and O–H groups in total. The van der Waals surface area contributed by atoms with Gasteiger partial charge in [-0.25, -0.2) is 4.39 Å². The summed E-state index contributed by atoms with van der Waals surface area (Å²) in [6, 6.07) is 9.48. The highest BCUT2D eigenvalue weighted by Gasteiger charge is 2.17. The summed E-state index contributed by atoms with van der Waals surface area (Å²) in [6.07, 6.45) is 0. The smallest absolute Gasteiger partial charge is 0.251 e. The highest BCUT2D eigenvalue weighted by atomic mass is 79.9. The van der Waals surface area contributed by atoms with Gasteiger partial charge in [0.25, 0.3) is 5.91 Å². The fourth-order valence-corrected chi connectivity index (χ4v) is 3.36. The molecule has 0 aliphatic carbocycles. The molecule has 0 saturated heterocycles. The monoisotopic (exact) mass is 394 g/mol. The molecule has 3 rings (SSSR count). The van der Waals surface area contributed by atoms with Gasteiger partial charge in [0.05, 0.1) is 11.4 Å². The zero-order valence-corrected chi connectivity index (χ0v) is 14.3. The van der Waals surface area contributed by atoms with E-state index >= 15 is 0 Å². The van der Waals surface area contributed by atoms with Crippen LogP contribution in [0.5, 0.6) is 0 Å². The van der Waals surface area contributed by atoms with Crippen molar-refractivity contribution in [1.82, 2.24) is 5.32 Å². The van der Waals surface area contributed by atoms with E-state index in [2.05, 4.69) is 26.6 Å². The first kappa shape index (κ1) is 16.0. The number of nitrogens with one attached hydrogen (secondary N) is 2. The molecule has 0 radical (unpaired) electrons. The molecule has 23 heavy (non-hydrogen) atoms. The number of carbonyl (C=O) groups is 2. The zero-order chi connectivity index (χ0) is 16.4. The molecular formula is C16H12BrFN2O2S. The van der Waals surface area contributed by atoms with Crippen LogP contribution in [0.15, 0.2) is 45.8 Å². The van der Waals surface area contributed by atoms with Gasteiger partial charge in [0, 0.05) is 21.5 Å². The molecule has 7 heteroatoms. The Morgan fingerprint density at radius 2 is 2.13 bits per heavy atom. The number of anilines is 1. The predicted octanol–water partition coefficient (Wildman–Crippen LogP) is 3.56. The summed E-state index contributed by atoms with van der Waals surface area (Å²) < 4.78 is 14.0. The van der Waals surface area contributed by atoms with E-state index in [4.69, 9.17) is 0 Å². The number of hydrogen-bond acceptors (Lipinski definition) is 3. The molecule has 0 fully saturated rings. The third kappa shape index (κ3) is 3.73. The number of halogens is 2. The molecule has 0 bridgehead atoms. The second kappa shape index (κ2) is 6.72. The standard InChI is InChI=1S/C16H12BrFN2O2S/c17-12-3-2-11(18)5-10(12)7-19-16(22)9-1-4-14-13(6-9)20-15(21)8-23-14/h1-6H,7-8H2,(H,19,22)(H,20,21). The Morgan fingerprint density at radius 1 is 1.30 bits per heavy atom. The van der Waals surface area contributed by atoms with E-state index in [1.165, 1.54) is 23.9 Å². The lowest BCUT2D eigenvalue weighted by molar-refractivity contribution is -0.113. The molecule has 1 aliphatic heterocycles. The van der Waals surface area contributed by atoms with Crippen LogP contribution < -0.4 is 10.6 Å². The molecule has 2 aromatic rings. The molecule has 0 saturated carbocycles. The van der Waals surface area contributed by atoms with Crippen molar-refractivity contribution < 1.29 is 14.0 Å². The van der Waals surface area contributed by atoms with Crippen LogP contribution in [0.2, 0.25) is 0 Å². The average Bonchev–Trinajstić information content (AvgIpc) is 2.54. The Labute approximate surface area is 145 Å². The first-order chi connectivity index (χ1) is 11.0. The minimum Gasteiger partial charge on any atom is -0.348 e. The highest BCUT2D eigenvalue weighted by molar-refractivity contribution is 9.10. The van der Waals surface area contributed by atoms with Crippen LogP contribution in [0.25, 0.3) is 0 Å². The number of carbonyl (C=O) groups excluding carboxylic acids is 2. The molecule has 0 unspecified atom stereocenters. The third-order valence-corrected chi connectivity index (χ3v) is 5.17. The van der Waals surface area contributed by atoms with Gasteiger partial charge in [-0.05, 0) is 42.0 Å². The van der Waals surface area contributed by atoms with Crippen LogP contribution in [-0.2, 0) is 11.3 Å². The lowest BCUT2D eigenvalue weighted by atomic mass is 10.1. The second-order valence-electron chi connectivity index (χ2n) is 4.97. The van der Waals surface area contributed by atoms with E-state index in [1.807, 2.05) is 6.07 Å². The van der Waals surface area contributed by atoms with Gasteiger partial charge in [-0.2, -0.15) is 0 Å². The predicted molar refractivity (Wildman–Crippen MR) is 91.1 cm³/mol. The number of fused-ring (bicyclic) bond motifs is 1. The van der Waals surface area contributed by atoms with Gasteiger partial charge in [-0.3, -0.25) is 9.59 Å². The summed E-state index contributed by atoms with van der Waals surface area (Å²) >= 11 is 4.76. The lowest BCUT2D eigenvalue weighted by Crippen LogP contribution is -2.24. The van der Waals surface area contributed by atoms with Crippen LogP contribution in [0, 0.1) is 5.82 Å². The van der Waals surface area contributed by atoms with E-state index in [1.54, 1.807) is 18.2 Å².